The molecule has 106 valence electrons. The predicted molar refractivity (Wildman–Crippen MR) is 67.4 cm³/mol. The third-order valence-corrected chi connectivity index (χ3v) is 3.16. The lowest BCUT2D eigenvalue weighted by atomic mass is 9.93. The Labute approximate surface area is 111 Å². The number of carbonyl (C=O) groups excluding carboxylic acids is 1. The van der Waals surface area contributed by atoms with E-state index in [4.69, 9.17) is 0 Å². The molecule has 1 aromatic rings. The number of rotatable bonds is 6. The van der Waals surface area contributed by atoms with Gasteiger partial charge in [-0.1, -0.05) is 13.8 Å². The number of nitrogens with zero attached hydrogens (tertiary/aromatic N) is 2. The predicted octanol–water partition coefficient (Wildman–Crippen LogP) is 0.808. The van der Waals surface area contributed by atoms with E-state index < -0.39 is 17.5 Å². The van der Waals surface area contributed by atoms with Crippen molar-refractivity contribution in [2.75, 3.05) is 0 Å². The molecule has 2 amide bonds. The first kappa shape index (κ1) is 14.9. The maximum absolute atomic E-state index is 11.8. The van der Waals surface area contributed by atoms with Crippen LogP contribution in [0.4, 0.5) is 4.79 Å². The molecule has 0 saturated carbocycles. The van der Waals surface area contributed by atoms with Crippen LogP contribution in [0, 0.1) is 0 Å². The summed E-state index contributed by atoms with van der Waals surface area (Å²) >= 11 is 0. The van der Waals surface area contributed by atoms with Crippen LogP contribution in [0.3, 0.4) is 0 Å². The minimum atomic E-state index is -1.24. The van der Waals surface area contributed by atoms with Crippen molar-refractivity contribution in [1.82, 2.24) is 25.8 Å². The van der Waals surface area contributed by atoms with Gasteiger partial charge in [0.05, 0.1) is 6.04 Å². The standard InChI is InChI=1S/C11H19N5O3/c1-4-11(5-2,9(17)18)15-10(19)14-7(3)8-12-6-13-16-8/h6-7H,4-5H2,1-3H3,(H,17,18)(H,12,13,16)(H2,14,15,19). The molecule has 8 heteroatoms. The molecular formula is C11H19N5O3. The average molecular weight is 269 g/mol. The molecule has 0 saturated heterocycles. The summed E-state index contributed by atoms with van der Waals surface area (Å²) in [6.07, 6.45) is 1.96. The van der Waals surface area contributed by atoms with Gasteiger partial charge in [-0.15, -0.1) is 0 Å². The van der Waals surface area contributed by atoms with Gasteiger partial charge in [-0.25, -0.2) is 14.6 Å². The summed E-state index contributed by atoms with van der Waals surface area (Å²) in [6, 6.07) is -0.933. The summed E-state index contributed by atoms with van der Waals surface area (Å²) in [6.45, 7) is 5.16. The number of urea groups is 1. The van der Waals surface area contributed by atoms with E-state index >= 15 is 0 Å². The highest BCUT2D eigenvalue weighted by Crippen LogP contribution is 2.15. The van der Waals surface area contributed by atoms with Crippen LogP contribution in [-0.4, -0.2) is 37.8 Å². The Bertz CT molecular complexity index is 428. The van der Waals surface area contributed by atoms with E-state index in [2.05, 4.69) is 25.8 Å². The van der Waals surface area contributed by atoms with Gasteiger partial charge in [0.25, 0.3) is 0 Å². The van der Waals surface area contributed by atoms with Crippen LogP contribution < -0.4 is 10.6 Å². The van der Waals surface area contributed by atoms with Crippen LogP contribution in [0.1, 0.15) is 45.5 Å². The Morgan fingerprint density at radius 3 is 2.53 bits per heavy atom. The Hall–Kier alpha value is -2.12. The Morgan fingerprint density at radius 2 is 2.11 bits per heavy atom. The Kier molecular flexibility index (Phi) is 4.85. The molecule has 19 heavy (non-hydrogen) atoms. The number of aromatic nitrogens is 3. The van der Waals surface area contributed by atoms with Crippen LogP contribution in [0.15, 0.2) is 6.33 Å². The summed E-state index contributed by atoms with van der Waals surface area (Å²) in [5.74, 6) is -0.538. The number of hydrogen-bond acceptors (Lipinski definition) is 4. The molecule has 0 radical (unpaired) electrons. The van der Waals surface area contributed by atoms with Gasteiger partial charge in [0.1, 0.15) is 17.7 Å². The van der Waals surface area contributed by atoms with Gasteiger partial charge >= 0.3 is 12.0 Å². The minimum Gasteiger partial charge on any atom is -0.480 e. The molecule has 1 atom stereocenters. The number of carboxylic acid groups (broad SMARTS) is 1. The minimum absolute atomic E-state index is 0.308. The SMILES string of the molecule is CCC(CC)(NC(=O)NC(C)c1ncn[nH]1)C(=O)O. The summed E-state index contributed by atoms with van der Waals surface area (Å²) in [5, 5.41) is 20.7. The topological polar surface area (TPSA) is 120 Å². The van der Waals surface area contributed by atoms with E-state index in [1.54, 1.807) is 20.8 Å². The molecule has 0 aliphatic rings. The maximum Gasteiger partial charge on any atom is 0.329 e. The molecule has 1 aromatic heterocycles. The van der Waals surface area contributed by atoms with Crippen LogP contribution in [0.5, 0.6) is 0 Å². The Morgan fingerprint density at radius 1 is 1.47 bits per heavy atom. The van der Waals surface area contributed by atoms with Gasteiger partial charge in [-0.05, 0) is 19.8 Å². The van der Waals surface area contributed by atoms with Gasteiger partial charge < -0.3 is 15.7 Å². The van der Waals surface area contributed by atoms with Crippen LogP contribution in [0.25, 0.3) is 0 Å². The van der Waals surface area contributed by atoms with E-state index in [9.17, 15) is 14.7 Å². The first-order valence-corrected chi connectivity index (χ1v) is 6.12. The summed E-state index contributed by atoms with van der Waals surface area (Å²) < 4.78 is 0. The van der Waals surface area contributed by atoms with Crippen molar-refractivity contribution in [3.63, 3.8) is 0 Å². The summed E-state index contributed by atoms with van der Waals surface area (Å²) in [7, 11) is 0. The number of H-pyrrole nitrogens is 1. The molecule has 0 aromatic carbocycles. The number of carbonyl (C=O) groups is 2. The zero-order valence-corrected chi connectivity index (χ0v) is 11.2. The van der Waals surface area contributed by atoms with E-state index in [0.29, 0.717) is 18.7 Å². The first-order chi connectivity index (χ1) is 8.95. The molecule has 1 heterocycles. The number of aromatic amines is 1. The average Bonchev–Trinajstić information content (AvgIpc) is 2.89. The molecule has 4 N–H and O–H groups in total. The lowest BCUT2D eigenvalue weighted by molar-refractivity contribution is -0.144. The molecule has 8 nitrogen and oxygen atoms in total. The van der Waals surface area contributed by atoms with Crippen molar-refractivity contribution < 1.29 is 14.7 Å². The third-order valence-electron chi connectivity index (χ3n) is 3.16. The van der Waals surface area contributed by atoms with Gasteiger partial charge in [-0.3, -0.25) is 5.10 Å². The highest BCUT2D eigenvalue weighted by Gasteiger charge is 2.36. The highest BCUT2D eigenvalue weighted by molar-refractivity contribution is 5.86. The second-order valence-electron chi connectivity index (χ2n) is 4.29. The van der Waals surface area contributed by atoms with E-state index in [-0.39, 0.29) is 6.04 Å². The highest BCUT2D eigenvalue weighted by atomic mass is 16.4. The lowest BCUT2D eigenvalue weighted by Crippen LogP contribution is -2.56. The van der Waals surface area contributed by atoms with Crippen LogP contribution in [-0.2, 0) is 4.79 Å². The second-order valence-corrected chi connectivity index (χ2v) is 4.29. The van der Waals surface area contributed by atoms with Crippen molar-refractivity contribution >= 4 is 12.0 Å². The van der Waals surface area contributed by atoms with Crippen molar-refractivity contribution in [2.24, 2.45) is 0 Å². The quantitative estimate of drug-likeness (QED) is 0.609. The first-order valence-electron chi connectivity index (χ1n) is 6.12. The monoisotopic (exact) mass is 269 g/mol. The van der Waals surface area contributed by atoms with Gasteiger partial charge in [-0.2, -0.15) is 5.10 Å². The molecule has 0 aliphatic heterocycles. The molecule has 0 aliphatic carbocycles. The third kappa shape index (κ3) is 3.43. The Balaban J connectivity index is 2.66. The largest absolute Gasteiger partial charge is 0.480 e. The fourth-order valence-electron chi connectivity index (χ4n) is 1.72. The van der Waals surface area contributed by atoms with Crippen molar-refractivity contribution in [2.45, 2.75) is 45.2 Å². The van der Waals surface area contributed by atoms with Crippen molar-refractivity contribution in [1.29, 1.82) is 0 Å². The van der Waals surface area contributed by atoms with Crippen molar-refractivity contribution in [3.05, 3.63) is 12.2 Å². The number of amides is 2. The fourth-order valence-corrected chi connectivity index (χ4v) is 1.72. The molecule has 1 unspecified atom stereocenters. The summed E-state index contributed by atoms with van der Waals surface area (Å²) in [4.78, 5) is 27.0. The van der Waals surface area contributed by atoms with E-state index in [0.717, 1.165) is 0 Å². The van der Waals surface area contributed by atoms with Gasteiger partial charge in [0.2, 0.25) is 0 Å². The number of aliphatic carboxylic acids is 1. The molecular weight excluding hydrogens is 250 g/mol. The fraction of sp³-hybridized carbons (Fsp3) is 0.636. The van der Waals surface area contributed by atoms with E-state index in [1.165, 1.54) is 6.33 Å². The second kappa shape index (κ2) is 6.17. The van der Waals surface area contributed by atoms with Gasteiger partial charge in [0, 0.05) is 0 Å². The smallest absolute Gasteiger partial charge is 0.329 e. The van der Waals surface area contributed by atoms with Crippen molar-refractivity contribution in [3.8, 4) is 0 Å². The number of nitrogens with one attached hydrogen (secondary N) is 3. The van der Waals surface area contributed by atoms with Crippen LogP contribution in [0.2, 0.25) is 0 Å². The normalized spacial score (nSPS) is 12.8. The van der Waals surface area contributed by atoms with Gasteiger partial charge in [0.15, 0.2) is 0 Å². The number of hydrogen-bond donors (Lipinski definition) is 4. The zero-order valence-electron chi connectivity index (χ0n) is 11.2. The molecule has 1 rings (SSSR count). The number of carboxylic acids is 1. The summed E-state index contributed by atoms with van der Waals surface area (Å²) in [5.41, 5.74) is -1.24. The molecule has 0 bridgehead atoms. The zero-order chi connectivity index (χ0) is 14.5. The molecule has 0 spiro atoms. The maximum atomic E-state index is 11.8. The van der Waals surface area contributed by atoms with Crippen LogP contribution >= 0.6 is 0 Å². The van der Waals surface area contributed by atoms with E-state index in [1.807, 2.05) is 0 Å². The lowest BCUT2D eigenvalue weighted by Gasteiger charge is -2.28. The molecule has 0 fully saturated rings.